The molecule has 1 aromatic carbocycles. The van der Waals surface area contributed by atoms with E-state index < -0.39 is 0 Å². The van der Waals surface area contributed by atoms with Crippen LogP contribution in [0.3, 0.4) is 0 Å². The zero-order chi connectivity index (χ0) is 11.8. The molecule has 0 atom stereocenters. The SMILES string of the molecule is CC(C)(C)c1cccc(CC2(CO)CC2)c1. The quantitative estimate of drug-likeness (QED) is 0.825. The van der Waals surface area contributed by atoms with Gasteiger partial charge in [-0.15, -0.1) is 0 Å². The molecule has 0 bridgehead atoms. The van der Waals surface area contributed by atoms with Gasteiger partial charge in [0.2, 0.25) is 0 Å². The minimum atomic E-state index is 0.214. The molecule has 0 aromatic heterocycles. The molecule has 1 N–H and O–H groups in total. The van der Waals surface area contributed by atoms with Crippen molar-refractivity contribution in [2.45, 2.75) is 45.4 Å². The minimum Gasteiger partial charge on any atom is -0.396 e. The molecule has 1 nitrogen and oxygen atoms in total. The first-order valence-corrected chi connectivity index (χ1v) is 6.16. The van der Waals surface area contributed by atoms with Crippen molar-refractivity contribution >= 4 is 0 Å². The van der Waals surface area contributed by atoms with Gasteiger partial charge in [-0.1, -0.05) is 45.0 Å². The standard InChI is InChI=1S/C15H22O/c1-14(2,3)13-6-4-5-12(9-13)10-15(11-16)7-8-15/h4-6,9,16H,7-8,10-11H2,1-3H3. The molecular formula is C15H22O. The van der Waals surface area contributed by atoms with Crippen LogP contribution in [0.4, 0.5) is 0 Å². The van der Waals surface area contributed by atoms with Crippen molar-refractivity contribution in [2.24, 2.45) is 5.41 Å². The van der Waals surface area contributed by atoms with Crippen molar-refractivity contribution in [3.63, 3.8) is 0 Å². The molecule has 1 heteroatoms. The maximum absolute atomic E-state index is 9.35. The first kappa shape index (κ1) is 11.7. The van der Waals surface area contributed by atoms with Crippen LogP contribution in [-0.4, -0.2) is 11.7 Å². The van der Waals surface area contributed by atoms with Crippen molar-refractivity contribution in [3.05, 3.63) is 35.4 Å². The molecule has 0 saturated heterocycles. The van der Waals surface area contributed by atoms with Crippen molar-refractivity contribution < 1.29 is 5.11 Å². The fourth-order valence-electron chi connectivity index (χ4n) is 2.15. The second-order valence-electron chi connectivity index (χ2n) is 6.29. The number of rotatable bonds is 3. The highest BCUT2D eigenvalue weighted by atomic mass is 16.3. The van der Waals surface area contributed by atoms with Gasteiger partial charge in [0, 0.05) is 6.61 Å². The molecular weight excluding hydrogens is 196 g/mol. The first-order valence-electron chi connectivity index (χ1n) is 6.16. The second kappa shape index (κ2) is 3.89. The van der Waals surface area contributed by atoms with Gasteiger partial charge < -0.3 is 5.11 Å². The number of aliphatic hydroxyl groups excluding tert-OH is 1. The molecule has 1 fully saturated rings. The van der Waals surface area contributed by atoms with Crippen molar-refractivity contribution in [2.75, 3.05) is 6.61 Å². The molecule has 0 amide bonds. The molecule has 1 aromatic rings. The average Bonchev–Trinajstić information content (AvgIpc) is 2.98. The van der Waals surface area contributed by atoms with Gasteiger partial charge in [0.25, 0.3) is 0 Å². The molecule has 1 aliphatic rings. The van der Waals surface area contributed by atoms with E-state index in [0.717, 1.165) is 6.42 Å². The lowest BCUT2D eigenvalue weighted by molar-refractivity contribution is 0.211. The highest BCUT2D eigenvalue weighted by Crippen LogP contribution is 2.47. The normalized spacial score (nSPS) is 18.5. The highest BCUT2D eigenvalue weighted by molar-refractivity contribution is 5.30. The summed E-state index contributed by atoms with van der Waals surface area (Å²) in [6.45, 7) is 7.06. The number of aliphatic hydroxyl groups is 1. The largest absolute Gasteiger partial charge is 0.396 e. The Morgan fingerprint density at radius 2 is 1.94 bits per heavy atom. The lowest BCUT2D eigenvalue weighted by Crippen LogP contribution is -2.13. The molecule has 0 spiro atoms. The molecule has 16 heavy (non-hydrogen) atoms. The summed E-state index contributed by atoms with van der Waals surface area (Å²) in [7, 11) is 0. The van der Waals surface area contributed by atoms with Crippen molar-refractivity contribution in [1.82, 2.24) is 0 Å². The van der Waals surface area contributed by atoms with Crippen LogP contribution >= 0.6 is 0 Å². The van der Waals surface area contributed by atoms with Gasteiger partial charge in [0.1, 0.15) is 0 Å². The van der Waals surface area contributed by atoms with Gasteiger partial charge in [-0.3, -0.25) is 0 Å². The van der Waals surface area contributed by atoms with Crippen LogP contribution in [-0.2, 0) is 11.8 Å². The van der Waals surface area contributed by atoms with Crippen LogP contribution < -0.4 is 0 Å². The summed E-state index contributed by atoms with van der Waals surface area (Å²) in [6.07, 6.45) is 3.40. The number of hydrogen-bond donors (Lipinski definition) is 1. The predicted molar refractivity (Wildman–Crippen MR) is 67.6 cm³/mol. The maximum atomic E-state index is 9.35. The Labute approximate surface area is 98.5 Å². The lowest BCUT2D eigenvalue weighted by atomic mass is 9.85. The van der Waals surface area contributed by atoms with Crippen LogP contribution in [0.1, 0.15) is 44.7 Å². The fourth-order valence-corrected chi connectivity index (χ4v) is 2.15. The Morgan fingerprint density at radius 3 is 2.44 bits per heavy atom. The van der Waals surface area contributed by atoms with Gasteiger partial charge in [-0.25, -0.2) is 0 Å². The van der Waals surface area contributed by atoms with E-state index in [-0.39, 0.29) is 10.8 Å². The summed E-state index contributed by atoms with van der Waals surface area (Å²) in [4.78, 5) is 0. The molecule has 0 unspecified atom stereocenters. The fraction of sp³-hybridized carbons (Fsp3) is 0.600. The third-order valence-corrected chi connectivity index (χ3v) is 3.66. The second-order valence-corrected chi connectivity index (χ2v) is 6.29. The summed E-state index contributed by atoms with van der Waals surface area (Å²) in [5, 5.41) is 9.35. The molecule has 1 aliphatic carbocycles. The molecule has 1 saturated carbocycles. The summed E-state index contributed by atoms with van der Waals surface area (Å²) in [5.41, 5.74) is 3.19. The zero-order valence-electron chi connectivity index (χ0n) is 10.6. The van der Waals surface area contributed by atoms with Crippen LogP contribution in [0.25, 0.3) is 0 Å². The van der Waals surface area contributed by atoms with Gasteiger partial charge in [0.05, 0.1) is 0 Å². The Morgan fingerprint density at radius 1 is 1.25 bits per heavy atom. The number of benzene rings is 1. The Kier molecular flexibility index (Phi) is 2.83. The Hall–Kier alpha value is -0.820. The average molecular weight is 218 g/mol. The van der Waals surface area contributed by atoms with E-state index in [1.165, 1.54) is 24.0 Å². The van der Waals surface area contributed by atoms with Crippen molar-refractivity contribution in [1.29, 1.82) is 0 Å². The molecule has 2 rings (SSSR count). The summed E-state index contributed by atoms with van der Waals surface area (Å²) < 4.78 is 0. The predicted octanol–water partition coefficient (Wildman–Crippen LogP) is 3.30. The Bertz CT molecular complexity index is 369. The van der Waals surface area contributed by atoms with E-state index in [1.54, 1.807) is 0 Å². The maximum Gasteiger partial charge on any atom is 0.0490 e. The van der Waals surface area contributed by atoms with Gasteiger partial charge >= 0.3 is 0 Å². The molecule has 0 heterocycles. The van der Waals surface area contributed by atoms with E-state index in [1.807, 2.05) is 0 Å². The van der Waals surface area contributed by atoms with E-state index in [0.29, 0.717) is 6.61 Å². The van der Waals surface area contributed by atoms with Crippen LogP contribution in [0.5, 0.6) is 0 Å². The van der Waals surface area contributed by atoms with E-state index in [9.17, 15) is 5.11 Å². The van der Waals surface area contributed by atoms with E-state index in [2.05, 4.69) is 45.0 Å². The summed E-state index contributed by atoms with van der Waals surface area (Å²) in [6, 6.07) is 8.83. The number of hydrogen-bond acceptors (Lipinski definition) is 1. The van der Waals surface area contributed by atoms with E-state index in [4.69, 9.17) is 0 Å². The first-order chi connectivity index (χ1) is 7.45. The summed E-state index contributed by atoms with van der Waals surface area (Å²) >= 11 is 0. The summed E-state index contributed by atoms with van der Waals surface area (Å²) in [5.74, 6) is 0. The Balaban J connectivity index is 2.17. The minimum absolute atomic E-state index is 0.214. The van der Waals surface area contributed by atoms with Gasteiger partial charge in [-0.2, -0.15) is 0 Å². The lowest BCUT2D eigenvalue weighted by Gasteiger charge is -2.20. The topological polar surface area (TPSA) is 20.2 Å². The molecule has 0 aliphatic heterocycles. The monoisotopic (exact) mass is 218 g/mol. The van der Waals surface area contributed by atoms with Gasteiger partial charge in [0.15, 0.2) is 0 Å². The van der Waals surface area contributed by atoms with Crippen LogP contribution in [0.15, 0.2) is 24.3 Å². The molecule has 88 valence electrons. The van der Waals surface area contributed by atoms with Crippen molar-refractivity contribution in [3.8, 4) is 0 Å². The zero-order valence-corrected chi connectivity index (χ0v) is 10.6. The van der Waals surface area contributed by atoms with Crippen LogP contribution in [0.2, 0.25) is 0 Å². The van der Waals surface area contributed by atoms with E-state index >= 15 is 0 Å². The van der Waals surface area contributed by atoms with Crippen LogP contribution in [0, 0.1) is 5.41 Å². The van der Waals surface area contributed by atoms with Gasteiger partial charge in [-0.05, 0) is 41.2 Å². The third kappa shape index (κ3) is 2.46. The molecule has 0 radical (unpaired) electrons. The smallest absolute Gasteiger partial charge is 0.0490 e. The third-order valence-electron chi connectivity index (χ3n) is 3.66. The highest BCUT2D eigenvalue weighted by Gasteiger charge is 2.41.